The molecule has 1 aromatic heterocycles. The van der Waals surface area contributed by atoms with E-state index >= 15 is 0 Å². The molecule has 4 nitrogen and oxygen atoms in total. The van der Waals surface area contributed by atoms with Gasteiger partial charge >= 0.3 is 5.63 Å². The van der Waals surface area contributed by atoms with E-state index in [0.717, 1.165) is 23.1 Å². The molecule has 5 unspecified atom stereocenters. The van der Waals surface area contributed by atoms with Gasteiger partial charge in [0.15, 0.2) is 0 Å². The Kier molecular flexibility index (Phi) is 2.45. The zero-order chi connectivity index (χ0) is 16.8. The van der Waals surface area contributed by atoms with Crippen LogP contribution in [0.15, 0.2) is 39.7 Å². The number of nitrogens with one attached hydrogen (secondary N) is 1. The van der Waals surface area contributed by atoms with E-state index in [1.807, 2.05) is 6.07 Å². The molecule has 4 aliphatic carbocycles. The summed E-state index contributed by atoms with van der Waals surface area (Å²) in [6.07, 6.45) is 8.76. The molecule has 4 aliphatic rings. The molecule has 0 radical (unpaired) electrons. The van der Waals surface area contributed by atoms with Crippen molar-refractivity contribution in [2.45, 2.75) is 38.5 Å². The summed E-state index contributed by atoms with van der Waals surface area (Å²) < 4.78 is 4.93. The van der Waals surface area contributed by atoms with Crippen molar-refractivity contribution in [2.75, 3.05) is 5.32 Å². The fourth-order valence-electron chi connectivity index (χ4n) is 7.47. The maximum absolute atomic E-state index is 12.9. The van der Waals surface area contributed by atoms with Crippen LogP contribution in [0.2, 0.25) is 0 Å². The van der Waals surface area contributed by atoms with E-state index in [1.165, 1.54) is 38.4 Å². The van der Waals surface area contributed by atoms with Crippen LogP contribution in [0.4, 0.5) is 5.69 Å². The Labute approximate surface area is 145 Å². The van der Waals surface area contributed by atoms with Gasteiger partial charge in [-0.15, -0.1) is 0 Å². The fraction of sp³-hybridized carbons (Fsp3) is 0.524. The monoisotopic (exact) mass is 335 g/mol. The predicted molar refractivity (Wildman–Crippen MR) is 94.2 cm³/mol. The Morgan fingerprint density at radius 2 is 2.04 bits per heavy atom. The van der Waals surface area contributed by atoms with E-state index in [1.54, 1.807) is 18.2 Å². The van der Waals surface area contributed by atoms with Crippen LogP contribution in [-0.2, 0) is 4.79 Å². The molecule has 5 atom stereocenters. The smallest absolute Gasteiger partial charge is 0.343 e. The minimum atomic E-state index is -0.363. The highest BCUT2D eigenvalue weighted by molar-refractivity contribution is 6.01. The molecule has 25 heavy (non-hydrogen) atoms. The van der Waals surface area contributed by atoms with Crippen molar-refractivity contribution in [3.05, 3.63) is 40.9 Å². The first-order valence-corrected chi connectivity index (χ1v) is 9.42. The van der Waals surface area contributed by atoms with Crippen molar-refractivity contribution in [1.82, 2.24) is 0 Å². The lowest BCUT2D eigenvalue weighted by Crippen LogP contribution is -2.67. The lowest BCUT2D eigenvalue weighted by atomic mass is 9.31. The van der Waals surface area contributed by atoms with Crippen LogP contribution in [-0.4, -0.2) is 5.91 Å². The number of anilines is 1. The molecule has 1 N–H and O–H groups in total. The van der Waals surface area contributed by atoms with Crippen LogP contribution in [0.5, 0.6) is 0 Å². The first-order valence-electron chi connectivity index (χ1n) is 9.42. The van der Waals surface area contributed by atoms with Crippen molar-refractivity contribution >= 4 is 22.4 Å². The third kappa shape index (κ3) is 1.55. The fourth-order valence-corrected chi connectivity index (χ4v) is 7.47. The third-order valence-corrected chi connectivity index (χ3v) is 8.08. The second-order valence-electron chi connectivity index (χ2n) is 8.86. The van der Waals surface area contributed by atoms with Crippen molar-refractivity contribution < 1.29 is 9.21 Å². The first kappa shape index (κ1) is 14.1. The highest BCUT2D eigenvalue weighted by Gasteiger charge is 2.80. The minimum absolute atomic E-state index is 0.103. The van der Waals surface area contributed by atoms with Crippen LogP contribution in [0, 0.1) is 28.6 Å². The van der Waals surface area contributed by atoms with Gasteiger partial charge in [0.1, 0.15) is 0 Å². The van der Waals surface area contributed by atoms with Crippen LogP contribution < -0.4 is 10.9 Å². The van der Waals surface area contributed by atoms with Gasteiger partial charge in [0.05, 0.1) is 11.6 Å². The van der Waals surface area contributed by atoms with Gasteiger partial charge in [0, 0.05) is 17.5 Å². The summed E-state index contributed by atoms with van der Waals surface area (Å²) in [6, 6.07) is 7.15. The van der Waals surface area contributed by atoms with E-state index in [0.29, 0.717) is 22.9 Å². The Bertz CT molecular complexity index is 979. The number of hydrogen-bond acceptors (Lipinski definition) is 3. The maximum Gasteiger partial charge on any atom is 0.343 e. The van der Waals surface area contributed by atoms with Crippen molar-refractivity contribution in [1.29, 1.82) is 0 Å². The topological polar surface area (TPSA) is 59.3 Å². The average Bonchev–Trinajstić information content (AvgIpc) is 3.04. The summed E-state index contributed by atoms with van der Waals surface area (Å²) >= 11 is 0. The van der Waals surface area contributed by atoms with E-state index in [-0.39, 0.29) is 16.9 Å². The molecule has 4 saturated carbocycles. The zero-order valence-corrected chi connectivity index (χ0v) is 14.1. The molecular weight excluding hydrogens is 314 g/mol. The molecule has 4 heteroatoms. The first-order chi connectivity index (χ1) is 12.1. The molecule has 2 aromatic rings. The number of carbonyl (C=O) groups is 1. The van der Waals surface area contributed by atoms with Gasteiger partial charge in [-0.2, -0.15) is 0 Å². The molecule has 128 valence electrons. The molecule has 1 amide bonds. The van der Waals surface area contributed by atoms with Crippen molar-refractivity contribution in [3.8, 4) is 0 Å². The van der Waals surface area contributed by atoms with Crippen LogP contribution in [0.25, 0.3) is 10.8 Å². The lowest BCUT2D eigenvalue weighted by Gasteiger charge is -2.73. The second kappa shape index (κ2) is 4.35. The Morgan fingerprint density at radius 1 is 1.12 bits per heavy atom. The highest BCUT2D eigenvalue weighted by atomic mass is 16.4. The second-order valence-corrected chi connectivity index (χ2v) is 8.86. The molecule has 1 heterocycles. The summed E-state index contributed by atoms with van der Waals surface area (Å²) in [4.78, 5) is 24.7. The quantitative estimate of drug-likeness (QED) is 0.924. The Hall–Kier alpha value is -2.10. The highest BCUT2D eigenvalue weighted by Crippen LogP contribution is 2.87. The zero-order valence-electron chi connectivity index (χ0n) is 14.1. The maximum atomic E-state index is 12.9. The van der Waals surface area contributed by atoms with Gasteiger partial charge in [-0.1, -0.05) is 6.07 Å². The summed E-state index contributed by atoms with van der Waals surface area (Å²) in [5.41, 5.74) is 1.15. The number of carbonyl (C=O) groups excluding carboxylic acids is 1. The van der Waals surface area contributed by atoms with Gasteiger partial charge < -0.3 is 9.73 Å². The third-order valence-electron chi connectivity index (χ3n) is 8.08. The average molecular weight is 335 g/mol. The van der Waals surface area contributed by atoms with Gasteiger partial charge in [0.25, 0.3) is 0 Å². The lowest BCUT2D eigenvalue weighted by molar-refractivity contribution is -0.244. The van der Waals surface area contributed by atoms with E-state index < -0.39 is 0 Å². The number of hydrogen-bond donors (Lipinski definition) is 1. The molecule has 4 fully saturated rings. The SMILES string of the molecule is O=C(CC12CC3CC4CC(C1)C42C3)Nc1cccc2c(=O)occc12. The Morgan fingerprint density at radius 3 is 2.88 bits per heavy atom. The van der Waals surface area contributed by atoms with E-state index in [2.05, 4.69) is 5.32 Å². The summed E-state index contributed by atoms with van der Waals surface area (Å²) in [7, 11) is 0. The van der Waals surface area contributed by atoms with Crippen LogP contribution in [0.3, 0.4) is 0 Å². The van der Waals surface area contributed by atoms with Gasteiger partial charge in [-0.3, -0.25) is 4.79 Å². The minimum Gasteiger partial charge on any atom is -0.431 e. The van der Waals surface area contributed by atoms with Gasteiger partial charge in [-0.05, 0) is 78.9 Å². The number of fused-ring (bicyclic) bond motifs is 2. The molecule has 0 saturated heterocycles. The largest absolute Gasteiger partial charge is 0.431 e. The molecule has 1 spiro atoms. The van der Waals surface area contributed by atoms with Crippen molar-refractivity contribution in [2.24, 2.45) is 28.6 Å². The number of amides is 1. The summed E-state index contributed by atoms with van der Waals surface area (Å²) in [5.74, 6) is 2.78. The Balaban J connectivity index is 1.28. The van der Waals surface area contributed by atoms with Crippen LogP contribution in [0.1, 0.15) is 38.5 Å². The van der Waals surface area contributed by atoms with E-state index in [9.17, 15) is 9.59 Å². The molecule has 6 rings (SSSR count). The van der Waals surface area contributed by atoms with Gasteiger partial charge in [-0.25, -0.2) is 4.79 Å². The molecule has 0 aliphatic heterocycles. The summed E-state index contributed by atoms with van der Waals surface area (Å²) in [6.45, 7) is 0. The summed E-state index contributed by atoms with van der Waals surface area (Å²) in [5, 5.41) is 4.35. The standard InChI is InChI=1S/C21H21NO3/c23-18(22-17-3-1-2-16-15(17)4-5-25-19(16)24)11-20-8-12-6-13-7-14(10-20)21(13,20)9-12/h1-5,12-14H,6-11H2,(H,22,23). The van der Waals surface area contributed by atoms with Gasteiger partial charge in [0.2, 0.25) is 5.91 Å². The van der Waals surface area contributed by atoms with Crippen molar-refractivity contribution in [3.63, 3.8) is 0 Å². The molecule has 2 bridgehead atoms. The molecular formula is C21H21NO3. The number of benzene rings is 1. The van der Waals surface area contributed by atoms with E-state index in [4.69, 9.17) is 4.42 Å². The predicted octanol–water partition coefficient (Wildman–Crippen LogP) is 3.95. The van der Waals surface area contributed by atoms with Crippen LogP contribution >= 0.6 is 0 Å². The molecule has 1 aromatic carbocycles. The number of rotatable bonds is 3. The normalized spacial score (nSPS) is 39.6.